The molecule has 1 saturated carbocycles. The molecule has 1 aliphatic rings. The molecule has 1 heterocycles. The van der Waals surface area contributed by atoms with Crippen LogP contribution in [0.4, 0.5) is 0 Å². The van der Waals surface area contributed by atoms with Gasteiger partial charge in [0.05, 0.1) is 5.92 Å². The Kier molecular flexibility index (Phi) is 3.50. The average molecular weight is 236 g/mol. The topological polar surface area (TPSA) is 55.1 Å². The highest BCUT2D eigenvalue weighted by atomic mass is 16.4. The maximum atomic E-state index is 11.3. The van der Waals surface area contributed by atoms with Gasteiger partial charge in [-0.3, -0.25) is 4.79 Å². The zero-order valence-electron chi connectivity index (χ0n) is 10.5. The van der Waals surface area contributed by atoms with E-state index in [0.29, 0.717) is 5.92 Å². The van der Waals surface area contributed by atoms with Crippen LogP contribution >= 0.6 is 0 Å². The molecule has 4 nitrogen and oxygen atoms in total. The second-order valence-electron chi connectivity index (χ2n) is 5.03. The highest BCUT2D eigenvalue weighted by molar-refractivity contribution is 5.70. The number of aryl methyl sites for hydroxylation is 1. The third-order valence-electron chi connectivity index (χ3n) is 3.82. The van der Waals surface area contributed by atoms with Gasteiger partial charge in [-0.1, -0.05) is 13.8 Å². The van der Waals surface area contributed by atoms with Gasteiger partial charge in [-0.2, -0.15) is 0 Å². The highest BCUT2D eigenvalue weighted by Crippen LogP contribution is 2.37. The Hall–Kier alpha value is -1.32. The molecule has 0 aliphatic heterocycles. The maximum Gasteiger partial charge on any atom is 0.308 e. The first kappa shape index (κ1) is 12.1. The quantitative estimate of drug-likeness (QED) is 0.877. The van der Waals surface area contributed by atoms with Gasteiger partial charge in [0.2, 0.25) is 0 Å². The van der Waals surface area contributed by atoms with E-state index in [1.165, 1.54) is 0 Å². The lowest BCUT2D eigenvalue weighted by Gasteiger charge is -2.34. The second-order valence-corrected chi connectivity index (χ2v) is 5.03. The number of rotatable bonds is 3. The van der Waals surface area contributed by atoms with Gasteiger partial charge in [-0.05, 0) is 25.2 Å². The van der Waals surface area contributed by atoms with Crippen molar-refractivity contribution >= 4 is 5.97 Å². The molecule has 1 aromatic rings. The number of hydrogen-bond acceptors (Lipinski definition) is 2. The largest absolute Gasteiger partial charge is 0.481 e. The lowest BCUT2D eigenvalue weighted by Crippen LogP contribution is -2.32. The molecule has 0 spiro atoms. The third kappa shape index (κ3) is 2.35. The molecule has 3 atom stereocenters. The normalized spacial score (nSPS) is 29.2. The van der Waals surface area contributed by atoms with E-state index in [9.17, 15) is 9.90 Å². The van der Waals surface area contributed by atoms with Gasteiger partial charge in [-0.25, -0.2) is 4.98 Å². The van der Waals surface area contributed by atoms with E-state index >= 15 is 0 Å². The van der Waals surface area contributed by atoms with Crippen LogP contribution in [-0.2, 0) is 11.2 Å². The second kappa shape index (κ2) is 4.90. The molecular formula is C13H20N2O2. The Morgan fingerprint density at radius 1 is 1.59 bits per heavy atom. The van der Waals surface area contributed by atoms with E-state index in [1.54, 1.807) is 6.20 Å². The van der Waals surface area contributed by atoms with Crippen molar-refractivity contribution in [2.24, 2.45) is 11.8 Å². The molecule has 0 amide bonds. The first-order chi connectivity index (χ1) is 8.13. The van der Waals surface area contributed by atoms with Crippen molar-refractivity contribution in [1.82, 2.24) is 9.55 Å². The molecule has 1 fully saturated rings. The summed E-state index contributed by atoms with van der Waals surface area (Å²) in [5, 5.41) is 9.32. The summed E-state index contributed by atoms with van der Waals surface area (Å²) in [6.45, 7) is 4.26. The highest BCUT2D eigenvalue weighted by Gasteiger charge is 2.35. The summed E-state index contributed by atoms with van der Waals surface area (Å²) in [5.41, 5.74) is 0. The Morgan fingerprint density at radius 2 is 2.35 bits per heavy atom. The summed E-state index contributed by atoms with van der Waals surface area (Å²) >= 11 is 0. The summed E-state index contributed by atoms with van der Waals surface area (Å²) < 4.78 is 2.08. The Balaban J connectivity index is 2.28. The minimum Gasteiger partial charge on any atom is -0.481 e. The number of hydrogen-bond donors (Lipinski definition) is 1. The van der Waals surface area contributed by atoms with Crippen molar-refractivity contribution in [3.05, 3.63) is 18.2 Å². The fourth-order valence-electron chi connectivity index (χ4n) is 2.87. The van der Waals surface area contributed by atoms with Crippen LogP contribution in [0.25, 0.3) is 0 Å². The van der Waals surface area contributed by atoms with Gasteiger partial charge in [0.25, 0.3) is 0 Å². The summed E-state index contributed by atoms with van der Waals surface area (Å²) in [5.74, 6) is 0.668. The Labute approximate surface area is 102 Å². The number of carbonyl (C=O) groups is 1. The fourth-order valence-corrected chi connectivity index (χ4v) is 2.87. The molecule has 2 rings (SSSR count). The number of aliphatic carboxylic acids is 1. The van der Waals surface area contributed by atoms with Crippen LogP contribution in [-0.4, -0.2) is 20.6 Å². The summed E-state index contributed by atoms with van der Waals surface area (Å²) in [4.78, 5) is 15.6. The molecule has 1 aromatic heterocycles. The Morgan fingerprint density at radius 3 is 3.00 bits per heavy atom. The number of imidazole rings is 1. The van der Waals surface area contributed by atoms with E-state index < -0.39 is 5.97 Å². The van der Waals surface area contributed by atoms with Crippen molar-refractivity contribution in [3.63, 3.8) is 0 Å². The van der Waals surface area contributed by atoms with E-state index in [-0.39, 0.29) is 12.0 Å². The molecule has 0 aromatic carbocycles. The minimum absolute atomic E-state index is 0.0775. The van der Waals surface area contributed by atoms with Crippen LogP contribution in [0.2, 0.25) is 0 Å². The van der Waals surface area contributed by atoms with E-state index in [2.05, 4.69) is 23.4 Å². The summed E-state index contributed by atoms with van der Waals surface area (Å²) in [6.07, 6.45) is 7.30. The molecule has 0 bridgehead atoms. The van der Waals surface area contributed by atoms with Crippen LogP contribution in [0.15, 0.2) is 12.4 Å². The molecular weight excluding hydrogens is 216 g/mol. The molecule has 3 unspecified atom stereocenters. The molecule has 17 heavy (non-hydrogen) atoms. The van der Waals surface area contributed by atoms with Crippen molar-refractivity contribution in [2.75, 3.05) is 0 Å². The lowest BCUT2D eigenvalue weighted by atomic mass is 9.79. The van der Waals surface area contributed by atoms with Crippen molar-refractivity contribution in [1.29, 1.82) is 0 Å². The number of aromatic nitrogens is 2. The first-order valence-corrected chi connectivity index (χ1v) is 6.38. The van der Waals surface area contributed by atoms with Gasteiger partial charge < -0.3 is 9.67 Å². The van der Waals surface area contributed by atoms with Crippen LogP contribution in [0.5, 0.6) is 0 Å². The minimum atomic E-state index is -0.669. The average Bonchev–Trinajstić information content (AvgIpc) is 2.76. The fraction of sp³-hybridized carbons (Fsp3) is 0.692. The third-order valence-corrected chi connectivity index (χ3v) is 3.82. The monoisotopic (exact) mass is 236 g/mol. The van der Waals surface area contributed by atoms with Crippen LogP contribution in [0.3, 0.4) is 0 Å². The van der Waals surface area contributed by atoms with Gasteiger partial charge in [0, 0.05) is 24.9 Å². The van der Waals surface area contributed by atoms with Gasteiger partial charge >= 0.3 is 5.97 Å². The molecule has 94 valence electrons. The number of carboxylic acid groups (broad SMARTS) is 1. The van der Waals surface area contributed by atoms with Gasteiger partial charge in [0.1, 0.15) is 5.82 Å². The lowest BCUT2D eigenvalue weighted by molar-refractivity contribution is -0.144. The maximum absolute atomic E-state index is 11.3. The SMILES string of the molecule is CCc1nccn1C1CC(C)CCC1C(=O)O. The van der Waals surface area contributed by atoms with Crippen LogP contribution < -0.4 is 0 Å². The first-order valence-electron chi connectivity index (χ1n) is 6.38. The summed E-state index contributed by atoms with van der Waals surface area (Å²) in [6, 6.07) is 0.0775. The van der Waals surface area contributed by atoms with Crippen LogP contribution in [0.1, 0.15) is 45.0 Å². The predicted molar refractivity (Wildman–Crippen MR) is 64.8 cm³/mol. The zero-order valence-corrected chi connectivity index (χ0v) is 10.5. The molecule has 4 heteroatoms. The smallest absolute Gasteiger partial charge is 0.308 e. The standard InChI is InChI=1S/C13H20N2O2/c1-3-12-14-6-7-15(12)11-8-9(2)4-5-10(11)13(16)17/h6-7,9-11H,3-5,8H2,1-2H3,(H,16,17). The van der Waals surface area contributed by atoms with Gasteiger partial charge in [-0.15, -0.1) is 0 Å². The van der Waals surface area contributed by atoms with Crippen molar-refractivity contribution in [3.8, 4) is 0 Å². The predicted octanol–water partition coefficient (Wildman–Crippen LogP) is 2.51. The van der Waals surface area contributed by atoms with Gasteiger partial charge in [0.15, 0.2) is 0 Å². The number of carboxylic acids is 1. The molecule has 0 radical (unpaired) electrons. The zero-order chi connectivity index (χ0) is 12.4. The van der Waals surface area contributed by atoms with E-state index in [4.69, 9.17) is 0 Å². The van der Waals surface area contributed by atoms with E-state index in [0.717, 1.165) is 31.5 Å². The van der Waals surface area contributed by atoms with E-state index in [1.807, 2.05) is 6.20 Å². The summed E-state index contributed by atoms with van der Waals surface area (Å²) in [7, 11) is 0. The molecule has 1 N–H and O–H groups in total. The Bertz CT molecular complexity index is 400. The van der Waals surface area contributed by atoms with Crippen molar-refractivity contribution < 1.29 is 9.90 Å². The van der Waals surface area contributed by atoms with Crippen molar-refractivity contribution in [2.45, 2.75) is 45.6 Å². The molecule has 1 aliphatic carbocycles. The number of nitrogens with zero attached hydrogens (tertiary/aromatic N) is 2. The molecule has 0 saturated heterocycles. The van der Waals surface area contributed by atoms with Crippen LogP contribution in [0, 0.1) is 11.8 Å².